The van der Waals surface area contributed by atoms with E-state index >= 15 is 0 Å². The van der Waals surface area contributed by atoms with Crippen LogP contribution in [0.4, 0.5) is 11.8 Å². The van der Waals surface area contributed by atoms with Gasteiger partial charge in [-0.3, -0.25) is 9.48 Å². The highest BCUT2D eigenvalue weighted by molar-refractivity contribution is 5.80. The first-order chi connectivity index (χ1) is 12.1. The molecule has 1 fully saturated rings. The van der Waals surface area contributed by atoms with Gasteiger partial charge in [-0.05, 0) is 26.8 Å². The van der Waals surface area contributed by atoms with Crippen LogP contribution < -0.4 is 10.2 Å². The van der Waals surface area contributed by atoms with Gasteiger partial charge in [-0.1, -0.05) is 0 Å². The fraction of sp³-hybridized carbons (Fsp3) is 0.529. The average Bonchev–Trinajstić information content (AvgIpc) is 3.15. The smallest absolute Gasteiger partial charge is 0.247 e. The molecule has 2 aromatic rings. The van der Waals surface area contributed by atoms with E-state index in [1.807, 2.05) is 44.0 Å². The minimum absolute atomic E-state index is 0.107. The zero-order valence-electron chi connectivity index (χ0n) is 15.0. The van der Waals surface area contributed by atoms with E-state index in [1.165, 1.54) is 0 Å². The molecule has 25 heavy (non-hydrogen) atoms. The van der Waals surface area contributed by atoms with Gasteiger partial charge in [-0.15, -0.1) is 0 Å². The molecule has 1 aliphatic rings. The van der Waals surface area contributed by atoms with Crippen molar-refractivity contribution in [2.75, 3.05) is 42.9 Å². The van der Waals surface area contributed by atoms with Crippen LogP contribution in [-0.2, 0) is 4.79 Å². The van der Waals surface area contributed by atoms with Crippen LogP contribution in [0.3, 0.4) is 0 Å². The third-order valence-corrected chi connectivity index (χ3v) is 4.37. The molecule has 134 valence electrons. The molecule has 3 rings (SSSR count). The predicted molar refractivity (Wildman–Crippen MR) is 96.7 cm³/mol. The van der Waals surface area contributed by atoms with Crippen LogP contribution in [0.5, 0.6) is 0 Å². The number of carbonyl (C=O) groups excluding carboxylic acids is 1. The maximum atomic E-state index is 12.6. The van der Waals surface area contributed by atoms with Gasteiger partial charge in [0.1, 0.15) is 11.9 Å². The van der Waals surface area contributed by atoms with E-state index in [0.717, 1.165) is 31.1 Å². The summed E-state index contributed by atoms with van der Waals surface area (Å²) in [4.78, 5) is 25.7. The van der Waals surface area contributed by atoms with Gasteiger partial charge in [0.15, 0.2) is 0 Å². The minimum atomic E-state index is -0.275. The van der Waals surface area contributed by atoms with Gasteiger partial charge in [0.25, 0.3) is 0 Å². The Morgan fingerprint density at radius 1 is 1.28 bits per heavy atom. The number of nitrogens with zero attached hydrogens (tertiary/aromatic N) is 6. The Morgan fingerprint density at radius 2 is 2.04 bits per heavy atom. The van der Waals surface area contributed by atoms with Gasteiger partial charge in [-0.2, -0.15) is 10.1 Å². The van der Waals surface area contributed by atoms with Crippen molar-refractivity contribution in [3.05, 3.63) is 30.2 Å². The number of carbonyl (C=O) groups is 1. The van der Waals surface area contributed by atoms with Gasteiger partial charge < -0.3 is 15.1 Å². The van der Waals surface area contributed by atoms with E-state index in [1.54, 1.807) is 10.9 Å². The van der Waals surface area contributed by atoms with Crippen LogP contribution in [0.15, 0.2) is 24.5 Å². The quantitative estimate of drug-likeness (QED) is 0.882. The van der Waals surface area contributed by atoms with Gasteiger partial charge >= 0.3 is 0 Å². The SMILES string of the molecule is CCNc1nc(C)cc(N2CCN(C(=O)C(C)n3cccn3)CC2)n1. The first kappa shape index (κ1) is 17.2. The molecule has 0 spiro atoms. The summed E-state index contributed by atoms with van der Waals surface area (Å²) in [5.41, 5.74) is 0.937. The van der Waals surface area contributed by atoms with E-state index in [2.05, 4.69) is 25.3 Å². The molecule has 8 heteroatoms. The lowest BCUT2D eigenvalue weighted by atomic mass is 10.2. The van der Waals surface area contributed by atoms with E-state index in [0.29, 0.717) is 19.0 Å². The number of aryl methyl sites for hydroxylation is 1. The summed E-state index contributed by atoms with van der Waals surface area (Å²) < 4.78 is 1.70. The Hall–Kier alpha value is -2.64. The van der Waals surface area contributed by atoms with E-state index in [9.17, 15) is 4.79 Å². The molecule has 8 nitrogen and oxygen atoms in total. The molecule has 0 bridgehead atoms. The van der Waals surface area contributed by atoms with Crippen LogP contribution in [0.2, 0.25) is 0 Å². The highest BCUT2D eigenvalue weighted by Gasteiger charge is 2.26. The number of anilines is 2. The Bertz CT molecular complexity index is 708. The van der Waals surface area contributed by atoms with Crippen molar-refractivity contribution in [3.63, 3.8) is 0 Å². The lowest BCUT2D eigenvalue weighted by Gasteiger charge is -2.36. The summed E-state index contributed by atoms with van der Waals surface area (Å²) in [5.74, 6) is 1.68. The number of hydrogen-bond acceptors (Lipinski definition) is 6. The number of nitrogens with one attached hydrogen (secondary N) is 1. The topological polar surface area (TPSA) is 79.2 Å². The van der Waals surface area contributed by atoms with E-state index < -0.39 is 0 Å². The fourth-order valence-electron chi connectivity index (χ4n) is 2.99. The number of aromatic nitrogens is 4. The van der Waals surface area contributed by atoms with Crippen LogP contribution in [0, 0.1) is 6.92 Å². The van der Waals surface area contributed by atoms with Crippen LogP contribution in [0.25, 0.3) is 0 Å². The van der Waals surface area contributed by atoms with Crippen molar-refractivity contribution in [1.29, 1.82) is 0 Å². The summed E-state index contributed by atoms with van der Waals surface area (Å²) in [6.45, 7) is 9.57. The third-order valence-electron chi connectivity index (χ3n) is 4.37. The number of amides is 1. The molecule has 1 unspecified atom stereocenters. The van der Waals surface area contributed by atoms with Gasteiger partial charge in [0, 0.05) is 56.9 Å². The molecule has 3 heterocycles. The van der Waals surface area contributed by atoms with Crippen molar-refractivity contribution in [2.24, 2.45) is 0 Å². The van der Waals surface area contributed by atoms with Crippen molar-refractivity contribution in [1.82, 2.24) is 24.6 Å². The first-order valence-electron chi connectivity index (χ1n) is 8.71. The van der Waals surface area contributed by atoms with Crippen molar-refractivity contribution >= 4 is 17.7 Å². The summed E-state index contributed by atoms with van der Waals surface area (Å²) in [7, 11) is 0. The minimum Gasteiger partial charge on any atom is -0.354 e. The largest absolute Gasteiger partial charge is 0.354 e. The summed E-state index contributed by atoms with van der Waals surface area (Å²) >= 11 is 0. The van der Waals surface area contributed by atoms with E-state index in [-0.39, 0.29) is 11.9 Å². The first-order valence-corrected chi connectivity index (χ1v) is 8.71. The molecule has 2 aromatic heterocycles. The number of piperazine rings is 1. The molecular weight excluding hydrogens is 318 g/mol. The summed E-state index contributed by atoms with van der Waals surface area (Å²) in [6.07, 6.45) is 3.52. The Balaban J connectivity index is 1.63. The second-order valence-electron chi connectivity index (χ2n) is 6.20. The summed E-state index contributed by atoms with van der Waals surface area (Å²) in [5, 5.41) is 7.33. The second kappa shape index (κ2) is 7.50. The Morgan fingerprint density at radius 3 is 2.68 bits per heavy atom. The predicted octanol–water partition coefficient (Wildman–Crippen LogP) is 1.32. The fourth-order valence-corrected chi connectivity index (χ4v) is 2.99. The Labute approximate surface area is 147 Å². The normalized spacial score (nSPS) is 16.0. The van der Waals surface area contributed by atoms with Crippen LogP contribution in [-0.4, -0.2) is 63.3 Å². The van der Waals surface area contributed by atoms with Gasteiger partial charge in [-0.25, -0.2) is 4.98 Å². The molecule has 1 atom stereocenters. The van der Waals surface area contributed by atoms with Crippen LogP contribution >= 0.6 is 0 Å². The van der Waals surface area contributed by atoms with Gasteiger partial charge in [0.2, 0.25) is 11.9 Å². The standard InChI is InChI=1S/C17H25N7O/c1-4-18-17-20-13(2)12-15(21-17)22-8-10-23(11-9-22)16(25)14(3)24-7-5-6-19-24/h5-7,12,14H,4,8-11H2,1-3H3,(H,18,20,21). The van der Waals surface area contributed by atoms with E-state index in [4.69, 9.17) is 0 Å². The molecular formula is C17H25N7O. The molecule has 0 aromatic carbocycles. The third kappa shape index (κ3) is 3.89. The Kier molecular flexibility index (Phi) is 5.16. The number of rotatable bonds is 5. The molecule has 0 radical (unpaired) electrons. The zero-order valence-corrected chi connectivity index (χ0v) is 15.0. The number of hydrogen-bond donors (Lipinski definition) is 1. The van der Waals surface area contributed by atoms with Crippen LogP contribution in [0.1, 0.15) is 25.6 Å². The zero-order chi connectivity index (χ0) is 17.8. The maximum Gasteiger partial charge on any atom is 0.247 e. The van der Waals surface area contributed by atoms with Gasteiger partial charge in [0.05, 0.1) is 0 Å². The molecule has 1 N–H and O–H groups in total. The summed E-state index contributed by atoms with van der Waals surface area (Å²) in [6, 6.07) is 3.55. The monoisotopic (exact) mass is 343 g/mol. The molecule has 0 aliphatic carbocycles. The highest BCUT2D eigenvalue weighted by Crippen LogP contribution is 2.18. The lowest BCUT2D eigenvalue weighted by Crippen LogP contribution is -2.50. The average molecular weight is 343 g/mol. The van der Waals surface area contributed by atoms with Crippen molar-refractivity contribution in [2.45, 2.75) is 26.8 Å². The second-order valence-corrected chi connectivity index (χ2v) is 6.20. The lowest BCUT2D eigenvalue weighted by molar-refractivity contribution is -0.134. The van der Waals surface area contributed by atoms with Crippen molar-refractivity contribution in [3.8, 4) is 0 Å². The molecule has 1 aliphatic heterocycles. The maximum absolute atomic E-state index is 12.6. The highest BCUT2D eigenvalue weighted by atomic mass is 16.2. The molecule has 1 saturated heterocycles. The molecule has 0 saturated carbocycles. The molecule has 1 amide bonds. The van der Waals surface area contributed by atoms with Crippen molar-refractivity contribution < 1.29 is 4.79 Å².